The van der Waals surface area contributed by atoms with Crippen molar-refractivity contribution in [1.82, 2.24) is 9.97 Å². The second kappa shape index (κ2) is 8.93. The molecule has 0 N–H and O–H groups in total. The summed E-state index contributed by atoms with van der Waals surface area (Å²) in [6.07, 6.45) is 0.208. The molecule has 0 saturated heterocycles. The molecule has 1 amide bonds. The molecule has 4 aromatic rings. The van der Waals surface area contributed by atoms with E-state index in [1.807, 2.05) is 60.8 Å². The molecule has 7 heteroatoms. The van der Waals surface area contributed by atoms with Crippen molar-refractivity contribution in [3.8, 4) is 5.75 Å². The summed E-state index contributed by atoms with van der Waals surface area (Å²) in [6.45, 7) is 6.67. The van der Waals surface area contributed by atoms with Crippen molar-refractivity contribution in [2.45, 2.75) is 33.1 Å². The summed E-state index contributed by atoms with van der Waals surface area (Å²) in [5.74, 6) is 0.925. The molecule has 2 heterocycles. The molecule has 2 aromatic heterocycles. The first-order chi connectivity index (χ1) is 14.6. The lowest BCUT2D eigenvalue weighted by Gasteiger charge is -2.22. The number of amides is 1. The van der Waals surface area contributed by atoms with Crippen LogP contribution in [0, 0.1) is 0 Å². The molecule has 5 nitrogen and oxygen atoms in total. The fraction of sp³-hybridized carbons (Fsp3) is 0.261. The number of carbonyl (C=O) groups excluding carboxylic acids is 1. The van der Waals surface area contributed by atoms with Crippen molar-refractivity contribution in [2.75, 3.05) is 11.5 Å². The molecule has 2 aromatic carbocycles. The van der Waals surface area contributed by atoms with Crippen LogP contribution in [0.15, 0.2) is 53.9 Å². The molecule has 0 aliphatic carbocycles. The van der Waals surface area contributed by atoms with E-state index < -0.39 is 0 Å². The fourth-order valence-corrected chi connectivity index (χ4v) is 4.95. The van der Waals surface area contributed by atoms with Crippen LogP contribution in [-0.4, -0.2) is 22.5 Å². The second-order valence-corrected chi connectivity index (χ2v) is 9.00. The largest absolute Gasteiger partial charge is 0.492 e. The van der Waals surface area contributed by atoms with Gasteiger partial charge in [0.05, 0.1) is 39.6 Å². The third kappa shape index (κ3) is 4.22. The van der Waals surface area contributed by atoms with Gasteiger partial charge in [-0.15, -0.1) is 11.3 Å². The Hall–Kier alpha value is -2.77. The number of nitrogens with zero attached hydrogens (tertiary/aromatic N) is 3. The highest BCUT2D eigenvalue weighted by molar-refractivity contribution is 7.22. The zero-order valence-electron chi connectivity index (χ0n) is 17.2. The highest BCUT2D eigenvalue weighted by Crippen LogP contribution is 2.38. The molecule has 0 radical (unpaired) electrons. The Morgan fingerprint density at radius 3 is 2.60 bits per heavy atom. The van der Waals surface area contributed by atoms with Crippen molar-refractivity contribution >= 4 is 49.6 Å². The van der Waals surface area contributed by atoms with Crippen molar-refractivity contribution in [3.05, 3.63) is 64.6 Å². The number of hydrogen-bond donors (Lipinski definition) is 0. The number of thiazole rings is 2. The maximum Gasteiger partial charge on any atom is 0.239 e. The standard InChI is InChI=1S/C23H23N3O2S2/c1-4-28-19-11-7-6-10-18(19)26(23-25-17-9-5-8-12-20(17)30-23)21(27)13-16-14-29-22(24-16)15(2)3/h5-12,14-15H,4,13H2,1-3H3. The van der Waals surface area contributed by atoms with Gasteiger partial charge in [0.15, 0.2) is 5.13 Å². The van der Waals surface area contributed by atoms with Gasteiger partial charge >= 0.3 is 0 Å². The van der Waals surface area contributed by atoms with Gasteiger partial charge in [-0.05, 0) is 31.2 Å². The monoisotopic (exact) mass is 437 g/mol. The Labute approximate surface area is 184 Å². The number of fused-ring (bicyclic) bond motifs is 1. The normalized spacial score (nSPS) is 11.2. The number of benzene rings is 2. The topological polar surface area (TPSA) is 55.3 Å². The van der Waals surface area contributed by atoms with Crippen LogP contribution in [0.1, 0.15) is 37.4 Å². The highest BCUT2D eigenvalue weighted by Gasteiger charge is 2.25. The highest BCUT2D eigenvalue weighted by atomic mass is 32.1. The number of ether oxygens (including phenoxy) is 1. The third-order valence-electron chi connectivity index (χ3n) is 4.53. The van der Waals surface area contributed by atoms with E-state index in [2.05, 4.69) is 18.8 Å². The lowest BCUT2D eigenvalue weighted by Crippen LogP contribution is -2.28. The molecule has 0 unspecified atom stereocenters. The van der Waals surface area contributed by atoms with Crippen LogP contribution >= 0.6 is 22.7 Å². The van der Waals surface area contributed by atoms with Gasteiger partial charge in [0.2, 0.25) is 5.91 Å². The predicted molar refractivity (Wildman–Crippen MR) is 124 cm³/mol. The summed E-state index contributed by atoms with van der Waals surface area (Å²) in [5, 5.41) is 3.64. The lowest BCUT2D eigenvalue weighted by atomic mass is 10.2. The Balaban J connectivity index is 1.75. The van der Waals surface area contributed by atoms with Crippen LogP contribution in [0.4, 0.5) is 10.8 Å². The summed E-state index contributed by atoms with van der Waals surface area (Å²) in [4.78, 5) is 24.6. The lowest BCUT2D eigenvalue weighted by molar-refractivity contribution is -0.117. The van der Waals surface area contributed by atoms with Crippen molar-refractivity contribution in [2.24, 2.45) is 0 Å². The summed E-state index contributed by atoms with van der Waals surface area (Å²) < 4.78 is 6.86. The van der Waals surface area contributed by atoms with Crippen LogP contribution in [0.25, 0.3) is 10.2 Å². The first kappa shape index (κ1) is 20.5. The van der Waals surface area contributed by atoms with E-state index in [4.69, 9.17) is 9.72 Å². The van der Waals surface area contributed by atoms with Gasteiger partial charge in [0.25, 0.3) is 0 Å². The van der Waals surface area contributed by atoms with Crippen molar-refractivity contribution in [1.29, 1.82) is 0 Å². The Morgan fingerprint density at radius 2 is 1.87 bits per heavy atom. The van der Waals surface area contributed by atoms with Crippen LogP contribution in [0.3, 0.4) is 0 Å². The van der Waals surface area contributed by atoms with E-state index in [1.165, 1.54) is 11.3 Å². The average molecular weight is 438 g/mol. The molecular weight excluding hydrogens is 414 g/mol. The zero-order valence-corrected chi connectivity index (χ0v) is 18.8. The maximum atomic E-state index is 13.5. The van der Waals surface area contributed by atoms with Crippen molar-refractivity contribution in [3.63, 3.8) is 0 Å². The SMILES string of the molecule is CCOc1ccccc1N(C(=O)Cc1csc(C(C)C)n1)c1nc2ccccc2s1. The second-order valence-electron chi connectivity index (χ2n) is 7.10. The van der Waals surface area contributed by atoms with Crippen LogP contribution in [-0.2, 0) is 11.2 Å². The number of aromatic nitrogens is 2. The quantitative estimate of drug-likeness (QED) is 0.346. The molecule has 0 aliphatic heterocycles. The van der Waals surface area contributed by atoms with Gasteiger partial charge in [0.1, 0.15) is 5.75 Å². The molecule has 4 rings (SSSR count). The molecule has 0 spiro atoms. The number of anilines is 2. The summed E-state index contributed by atoms with van der Waals surface area (Å²) in [6, 6.07) is 15.5. The predicted octanol–water partition coefficient (Wildman–Crippen LogP) is 6.18. The fourth-order valence-electron chi connectivity index (χ4n) is 3.12. The number of para-hydroxylation sites is 3. The Bertz CT molecular complexity index is 1130. The minimum atomic E-state index is -0.0817. The van der Waals surface area contributed by atoms with Gasteiger partial charge in [-0.1, -0.05) is 49.4 Å². The first-order valence-electron chi connectivity index (χ1n) is 9.91. The zero-order chi connectivity index (χ0) is 21.1. The maximum absolute atomic E-state index is 13.5. The van der Waals surface area contributed by atoms with E-state index in [0.717, 1.165) is 20.9 Å². The van der Waals surface area contributed by atoms with Gasteiger partial charge in [-0.2, -0.15) is 0 Å². The molecule has 0 saturated carbocycles. The Kier molecular flexibility index (Phi) is 6.11. The van der Waals surface area contributed by atoms with E-state index in [-0.39, 0.29) is 12.3 Å². The number of rotatable bonds is 7. The van der Waals surface area contributed by atoms with Crippen LogP contribution in [0.5, 0.6) is 5.75 Å². The average Bonchev–Trinajstić information content (AvgIpc) is 3.36. The first-order valence-corrected chi connectivity index (χ1v) is 11.6. The molecule has 0 fully saturated rings. The number of carbonyl (C=O) groups is 1. The summed E-state index contributed by atoms with van der Waals surface area (Å²) in [7, 11) is 0. The summed E-state index contributed by atoms with van der Waals surface area (Å²) in [5.41, 5.74) is 2.36. The number of hydrogen-bond acceptors (Lipinski definition) is 6. The van der Waals surface area contributed by atoms with Gasteiger partial charge in [-0.3, -0.25) is 9.69 Å². The minimum Gasteiger partial charge on any atom is -0.492 e. The van der Waals surface area contributed by atoms with E-state index >= 15 is 0 Å². The molecule has 0 bridgehead atoms. The van der Waals surface area contributed by atoms with Gasteiger partial charge < -0.3 is 4.74 Å². The van der Waals surface area contributed by atoms with E-state index in [0.29, 0.717) is 29.1 Å². The molecular formula is C23H23N3O2S2. The van der Waals surface area contributed by atoms with E-state index in [1.54, 1.807) is 16.2 Å². The molecule has 0 atom stereocenters. The third-order valence-corrected chi connectivity index (χ3v) is 6.74. The molecule has 30 heavy (non-hydrogen) atoms. The van der Waals surface area contributed by atoms with Crippen LogP contribution < -0.4 is 9.64 Å². The van der Waals surface area contributed by atoms with Gasteiger partial charge in [0, 0.05) is 11.3 Å². The van der Waals surface area contributed by atoms with Crippen LogP contribution in [0.2, 0.25) is 0 Å². The van der Waals surface area contributed by atoms with Crippen molar-refractivity contribution < 1.29 is 9.53 Å². The Morgan fingerprint density at radius 1 is 1.10 bits per heavy atom. The minimum absolute atomic E-state index is 0.0817. The van der Waals surface area contributed by atoms with Gasteiger partial charge in [-0.25, -0.2) is 9.97 Å². The van der Waals surface area contributed by atoms with E-state index in [9.17, 15) is 4.79 Å². The molecule has 0 aliphatic rings. The summed E-state index contributed by atoms with van der Waals surface area (Å²) >= 11 is 3.10. The smallest absolute Gasteiger partial charge is 0.239 e. The molecule has 154 valence electrons.